The van der Waals surface area contributed by atoms with Gasteiger partial charge in [-0.3, -0.25) is 4.79 Å². The Morgan fingerprint density at radius 2 is 1.70 bits per heavy atom. The molecule has 2 fully saturated rings. The third-order valence-corrected chi connectivity index (χ3v) is 7.51. The number of ether oxygens (including phenoxy) is 1. The average molecular weight is 562 g/mol. The summed E-state index contributed by atoms with van der Waals surface area (Å²) in [5.41, 5.74) is -1.04. The number of halogens is 3. The number of aromatic carboxylic acids is 1. The molecule has 3 amide bonds. The molecule has 1 saturated heterocycles. The second-order valence-electron chi connectivity index (χ2n) is 10.2. The molecule has 2 aliphatic rings. The van der Waals surface area contributed by atoms with Crippen LogP contribution in [0.3, 0.4) is 0 Å². The lowest BCUT2D eigenvalue weighted by Gasteiger charge is -2.40. The number of benzene rings is 2. The van der Waals surface area contributed by atoms with Gasteiger partial charge in [-0.2, -0.15) is 13.2 Å². The summed E-state index contributed by atoms with van der Waals surface area (Å²) >= 11 is 0. The van der Waals surface area contributed by atoms with Gasteiger partial charge in [0, 0.05) is 31.6 Å². The highest BCUT2D eigenvalue weighted by atomic mass is 19.4. The van der Waals surface area contributed by atoms with Gasteiger partial charge in [0.25, 0.3) is 0 Å². The van der Waals surface area contributed by atoms with Crippen LogP contribution < -0.4 is 15.0 Å². The van der Waals surface area contributed by atoms with Crippen molar-refractivity contribution in [3.8, 4) is 11.5 Å². The third-order valence-electron chi connectivity index (χ3n) is 7.51. The molecule has 2 aromatic carbocycles. The fourth-order valence-corrected chi connectivity index (χ4v) is 5.51. The second kappa shape index (κ2) is 12.6. The monoisotopic (exact) mass is 561 g/mol. The van der Waals surface area contributed by atoms with Crippen LogP contribution in [0.1, 0.15) is 67.8 Å². The Morgan fingerprint density at radius 1 is 1.02 bits per heavy atom. The van der Waals surface area contributed by atoms with Crippen LogP contribution in [-0.4, -0.2) is 53.6 Å². The lowest BCUT2D eigenvalue weighted by molar-refractivity contribution is -0.138. The van der Waals surface area contributed by atoms with Crippen molar-refractivity contribution in [3.63, 3.8) is 0 Å². The lowest BCUT2D eigenvalue weighted by atomic mass is 9.87. The predicted molar refractivity (Wildman–Crippen MR) is 143 cm³/mol. The van der Waals surface area contributed by atoms with Crippen molar-refractivity contribution in [2.45, 2.75) is 64.1 Å². The van der Waals surface area contributed by atoms with Gasteiger partial charge in [0.1, 0.15) is 11.5 Å². The van der Waals surface area contributed by atoms with Crippen molar-refractivity contribution in [2.75, 3.05) is 24.5 Å². The van der Waals surface area contributed by atoms with Crippen LogP contribution >= 0.6 is 0 Å². The number of hydrogen-bond acceptors (Lipinski definition) is 4. The molecule has 0 spiro atoms. The van der Waals surface area contributed by atoms with Gasteiger partial charge in [0.05, 0.1) is 16.8 Å². The average Bonchev–Trinajstić information content (AvgIpc) is 2.94. The number of nitrogens with one attached hydrogen (secondary N) is 1. The molecular weight excluding hydrogens is 527 g/mol. The standard InChI is InChI=1S/C29H34F3N3O5/c1-2-33-28(39)34-16-14-20(15-17-34)35(26(36)19-8-4-3-5-9-19)24-13-12-21(18-22(24)27(37)38)40-25-11-7-6-10-23(25)29(30,31)32/h6-7,10-13,18-20H,2-5,8-9,14-17H2,1H3,(H,33,39)(H,37,38). The molecule has 1 aliphatic heterocycles. The molecule has 1 heterocycles. The molecule has 0 unspecified atom stereocenters. The fraction of sp³-hybridized carbons (Fsp3) is 0.483. The second-order valence-corrected chi connectivity index (χ2v) is 10.2. The first-order valence-electron chi connectivity index (χ1n) is 13.7. The molecule has 0 radical (unpaired) electrons. The van der Waals surface area contributed by atoms with Crippen molar-refractivity contribution in [2.24, 2.45) is 5.92 Å². The zero-order chi connectivity index (χ0) is 28.9. The number of piperidine rings is 1. The van der Waals surface area contributed by atoms with Crippen LogP contribution in [0.5, 0.6) is 11.5 Å². The fourth-order valence-electron chi connectivity index (χ4n) is 5.51. The first-order valence-corrected chi connectivity index (χ1v) is 13.7. The number of urea groups is 1. The minimum absolute atomic E-state index is 0.0889. The molecule has 4 rings (SSSR count). The van der Waals surface area contributed by atoms with Gasteiger partial charge in [-0.15, -0.1) is 0 Å². The van der Waals surface area contributed by atoms with Gasteiger partial charge in [-0.05, 0) is 62.9 Å². The number of carboxylic acid groups (broad SMARTS) is 1. The highest BCUT2D eigenvalue weighted by Gasteiger charge is 2.37. The Hall–Kier alpha value is -3.76. The molecule has 11 heteroatoms. The Labute approximate surface area is 231 Å². The molecule has 0 aromatic heterocycles. The number of amides is 3. The molecule has 0 atom stereocenters. The minimum atomic E-state index is -4.65. The van der Waals surface area contributed by atoms with E-state index in [4.69, 9.17) is 4.74 Å². The Kier molecular flexibility index (Phi) is 9.21. The number of nitrogens with zero attached hydrogens (tertiary/aromatic N) is 2. The summed E-state index contributed by atoms with van der Waals surface area (Å²) in [6.07, 6.45) is 0.570. The summed E-state index contributed by atoms with van der Waals surface area (Å²) in [6, 6.07) is 8.16. The number of anilines is 1. The van der Waals surface area contributed by atoms with E-state index in [-0.39, 0.29) is 40.9 Å². The Balaban J connectivity index is 1.67. The number of carbonyl (C=O) groups excluding carboxylic acids is 2. The van der Waals surface area contributed by atoms with Crippen molar-refractivity contribution < 1.29 is 37.4 Å². The molecule has 1 aliphatic carbocycles. The maximum Gasteiger partial charge on any atom is 0.419 e. The van der Waals surface area contributed by atoms with Crippen molar-refractivity contribution >= 4 is 23.6 Å². The van der Waals surface area contributed by atoms with Crippen LogP contribution in [-0.2, 0) is 11.0 Å². The zero-order valence-corrected chi connectivity index (χ0v) is 22.4. The van der Waals surface area contributed by atoms with E-state index in [1.165, 1.54) is 30.3 Å². The summed E-state index contributed by atoms with van der Waals surface area (Å²) < 4.78 is 45.9. The number of rotatable bonds is 7. The zero-order valence-electron chi connectivity index (χ0n) is 22.4. The highest BCUT2D eigenvalue weighted by molar-refractivity contribution is 6.03. The van der Waals surface area contributed by atoms with E-state index in [0.717, 1.165) is 31.4 Å². The first-order chi connectivity index (χ1) is 19.1. The molecule has 2 N–H and O–H groups in total. The van der Waals surface area contributed by atoms with Gasteiger partial charge in [0.2, 0.25) is 5.91 Å². The van der Waals surface area contributed by atoms with Gasteiger partial charge >= 0.3 is 18.2 Å². The highest BCUT2D eigenvalue weighted by Crippen LogP contribution is 2.40. The largest absolute Gasteiger partial charge is 0.478 e. The maximum atomic E-state index is 13.9. The molecule has 1 saturated carbocycles. The van der Waals surface area contributed by atoms with Gasteiger partial charge in [-0.1, -0.05) is 31.4 Å². The van der Waals surface area contributed by atoms with E-state index in [9.17, 15) is 32.7 Å². The number of alkyl halides is 3. The van der Waals surface area contributed by atoms with Crippen LogP contribution in [0.2, 0.25) is 0 Å². The van der Waals surface area contributed by atoms with Crippen LogP contribution in [0, 0.1) is 5.92 Å². The van der Waals surface area contributed by atoms with Crippen molar-refractivity contribution in [1.29, 1.82) is 0 Å². The van der Waals surface area contributed by atoms with E-state index in [1.54, 1.807) is 9.80 Å². The number of carbonyl (C=O) groups is 3. The van der Waals surface area contributed by atoms with E-state index in [1.807, 2.05) is 6.92 Å². The summed E-state index contributed by atoms with van der Waals surface area (Å²) in [7, 11) is 0. The van der Waals surface area contributed by atoms with Crippen molar-refractivity contribution in [3.05, 3.63) is 53.6 Å². The summed E-state index contributed by atoms with van der Waals surface area (Å²) in [6.45, 7) is 3.14. The number of carboxylic acids is 1. The summed E-state index contributed by atoms with van der Waals surface area (Å²) in [4.78, 5) is 41.9. The minimum Gasteiger partial charge on any atom is -0.478 e. The van der Waals surface area contributed by atoms with E-state index >= 15 is 0 Å². The predicted octanol–water partition coefficient (Wildman–Crippen LogP) is 6.30. The molecular formula is C29H34F3N3O5. The van der Waals surface area contributed by atoms with Gasteiger partial charge in [0.15, 0.2) is 0 Å². The van der Waals surface area contributed by atoms with E-state index < -0.39 is 23.5 Å². The number of likely N-dealkylation sites (tertiary alicyclic amines) is 1. The molecule has 8 nitrogen and oxygen atoms in total. The molecule has 0 bridgehead atoms. The number of hydrogen-bond donors (Lipinski definition) is 2. The van der Waals surface area contributed by atoms with Gasteiger partial charge in [-0.25, -0.2) is 9.59 Å². The Bertz CT molecular complexity index is 1220. The van der Waals surface area contributed by atoms with E-state index in [2.05, 4.69) is 5.32 Å². The SMILES string of the molecule is CCNC(=O)N1CCC(N(C(=O)C2CCCCC2)c2ccc(Oc3ccccc3C(F)(F)F)cc2C(=O)O)CC1. The van der Waals surface area contributed by atoms with Crippen molar-refractivity contribution in [1.82, 2.24) is 10.2 Å². The summed E-state index contributed by atoms with van der Waals surface area (Å²) in [5.74, 6) is -2.27. The molecule has 40 heavy (non-hydrogen) atoms. The topological polar surface area (TPSA) is 99.2 Å². The maximum absolute atomic E-state index is 13.9. The summed E-state index contributed by atoms with van der Waals surface area (Å²) in [5, 5.41) is 12.9. The lowest BCUT2D eigenvalue weighted by Crippen LogP contribution is -2.52. The van der Waals surface area contributed by atoms with Gasteiger partial charge < -0.3 is 25.0 Å². The van der Waals surface area contributed by atoms with Crippen LogP contribution in [0.15, 0.2) is 42.5 Å². The first kappa shape index (κ1) is 29.2. The number of para-hydroxylation sites is 1. The third kappa shape index (κ3) is 6.68. The van der Waals surface area contributed by atoms with Crippen LogP contribution in [0.25, 0.3) is 0 Å². The Morgan fingerprint density at radius 3 is 2.33 bits per heavy atom. The normalized spacial score (nSPS) is 16.9. The molecule has 216 valence electrons. The van der Waals surface area contributed by atoms with Crippen LogP contribution in [0.4, 0.5) is 23.7 Å². The smallest absolute Gasteiger partial charge is 0.419 e. The quantitative estimate of drug-likeness (QED) is 0.413. The van der Waals surface area contributed by atoms with E-state index in [0.29, 0.717) is 45.3 Å². The molecule has 2 aromatic rings.